The topological polar surface area (TPSA) is 40.2 Å². The number of carbonyl (C=O) groups is 2. The molecule has 0 aromatic heterocycles. The molecule has 0 amide bonds. The van der Waals surface area contributed by atoms with E-state index in [9.17, 15) is 9.59 Å². The van der Waals surface area contributed by atoms with Crippen molar-refractivity contribution in [2.45, 2.75) is 10.7 Å². The maximum absolute atomic E-state index is 10.7. The van der Waals surface area contributed by atoms with Crippen LogP contribution in [0.25, 0.3) is 0 Å². The molecule has 0 saturated carbocycles. The average Bonchev–Trinajstić information content (AvgIpc) is 3.54. The largest absolute Gasteiger partial charge is 0.354 e. The lowest BCUT2D eigenvalue weighted by molar-refractivity contribution is 0.111. The second kappa shape index (κ2) is 6.53. The number of rotatable bonds is 7. The van der Waals surface area contributed by atoms with Crippen molar-refractivity contribution in [3.63, 3.8) is 0 Å². The third kappa shape index (κ3) is 3.30. The molecule has 0 bridgehead atoms. The van der Waals surface area contributed by atoms with Gasteiger partial charge in [0.15, 0.2) is 0 Å². The monoisotopic (exact) mass is 356 g/mol. The molecule has 0 spiro atoms. The van der Waals surface area contributed by atoms with Gasteiger partial charge in [-0.15, -0.1) is 0 Å². The number of carbonyl (C=O) groups excluding carboxylic acids is 2. The summed E-state index contributed by atoms with van der Waals surface area (Å²) in [6.45, 7) is 2.11. The van der Waals surface area contributed by atoms with Crippen molar-refractivity contribution in [2.75, 3.05) is 22.9 Å². The molecule has 2 aromatic carbocycles. The van der Waals surface area contributed by atoms with Crippen LogP contribution in [0.3, 0.4) is 0 Å². The highest BCUT2D eigenvalue weighted by atomic mass is 33.1. The molecule has 6 heteroatoms. The van der Waals surface area contributed by atoms with E-state index < -0.39 is 0 Å². The Hall–Kier alpha value is -1.92. The van der Waals surface area contributed by atoms with E-state index >= 15 is 0 Å². The number of hydrogen-bond donors (Lipinski definition) is 0. The van der Waals surface area contributed by atoms with Crippen molar-refractivity contribution in [3.05, 3.63) is 59.7 Å². The summed E-state index contributed by atoms with van der Waals surface area (Å²) >= 11 is 0. The molecule has 4 rings (SSSR count). The van der Waals surface area contributed by atoms with E-state index in [1.807, 2.05) is 70.1 Å². The first-order chi connectivity index (χ1) is 11.8. The molecule has 2 fully saturated rings. The van der Waals surface area contributed by atoms with Gasteiger partial charge in [0.2, 0.25) is 0 Å². The fourth-order valence-electron chi connectivity index (χ4n) is 2.57. The molecule has 2 atom stereocenters. The molecule has 2 saturated heterocycles. The summed E-state index contributed by atoms with van der Waals surface area (Å²) in [6, 6.07) is 15.5. The Kier molecular flexibility index (Phi) is 4.24. The van der Waals surface area contributed by atoms with Crippen LogP contribution >= 0.6 is 21.6 Å². The zero-order valence-electron chi connectivity index (χ0n) is 12.9. The van der Waals surface area contributed by atoms with Gasteiger partial charge in [-0.25, -0.2) is 0 Å². The summed E-state index contributed by atoms with van der Waals surface area (Å²) in [7, 11) is 3.81. The third-order valence-corrected chi connectivity index (χ3v) is 7.16. The van der Waals surface area contributed by atoms with Gasteiger partial charge in [0.25, 0.3) is 0 Å². The second-order valence-corrected chi connectivity index (χ2v) is 8.45. The fraction of sp³-hybridized carbons (Fsp3) is 0.222. The SMILES string of the molecule is O=Cc1ccc(N2CC2SSC2CN2c2ccc(C=O)cc2)cc1. The highest BCUT2D eigenvalue weighted by Crippen LogP contribution is 2.47. The van der Waals surface area contributed by atoms with Crippen LogP contribution in [0.5, 0.6) is 0 Å². The smallest absolute Gasteiger partial charge is 0.150 e. The Labute approximate surface area is 148 Å². The predicted octanol–water partition coefficient (Wildman–Crippen LogP) is 3.69. The molecular weight excluding hydrogens is 340 g/mol. The number of nitrogens with zero attached hydrogens (tertiary/aromatic N) is 2. The number of anilines is 2. The second-order valence-electron chi connectivity index (χ2n) is 5.83. The van der Waals surface area contributed by atoms with Crippen LogP contribution in [-0.4, -0.2) is 36.4 Å². The zero-order chi connectivity index (χ0) is 16.5. The molecule has 2 aliphatic heterocycles. The van der Waals surface area contributed by atoms with Gasteiger partial charge in [-0.3, -0.25) is 9.59 Å². The van der Waals surface area contributed by atoms with Crippen molar-refractivity contribution in [2.24, 2.45) is 0 Å². The minimum atomic E-state index is 0.511. The van der Waals surface area contributed by atoms with Gasteiger partial charge in [0.1, 0.15) is 23.3 Å². The van der Waals surface area contributed by atoms with Gasteiger partial charge in [0, 0.05) is 35.6 Å². The number of aldehydes is 2. The first-order valence-corrected chi connectivity index (χ1v) is 10.0. The zero-order valence-corrected chi connectivity index (χ0v) is 14.5. The lowest BCUT2D eigenvalue weighted by atomic mass is 10.2. The third-order valence-electron chi connectivity index (χ3n) is 4.13. The van der Waals surface area contributed by atoms with Crippen LogP contribution in [0.2, 0.25) is 0 Å². The fourth-order valence-corrected chi connectivity index (χ4v) is 5.48. The Morgan fingerprint density at radius 2 is 1.08 bits per heavy atom. The summed E-state index contributed by atoms with van der Waals surface area (Å²) in [5.74, 6) is 0. The van der Waals surface area contributed by atoms with Crippen molar-refractivity contribution >= 4 is 45.5 Å². The molecule has 122 valence electrons. The molecule has 24 heavy (non-hydrogen) atoms. The van der Waals surface area contributed by atoms with Crippen LogP contribution in [0.1, 0.15) is 20.7 Å². The quantitative estimate of drug-likeness (QED) is 0.428. The van der Waals surface area contributed by atoms with Crippen LogP contribution in [0, 0.1) is 0 Å². The predicted molar refractivity (Wildman–Crippen MR) is 101 cm³/mol. The molecule has 0 radical (unpaired) electrons. The highest BCUT2D eigenvalue weighted by Gasteiger charge is 2.40. The molecule has 0 N–H and O–H groups in total. The molecule has 2 aliphatic rings. The normalized spacial score (nSPS) is 21.5. The Morgan fingerprint density at radius 1 is 0.708 bits per heavy atom. The minimum Gasteiger partial charge on any atom is -0.354 e. The van der Waals surface area contributed by atoms with Crippen LogP contribution in [0.15, 0.2) is 48.5 Å². The Balaban J connectivity index is 1.25. The highest BCUT2D eigenvalue weighted by molar-refractivity contribution is 8.77. The van der Waals surface area contributed by atoms with Crippen molar-refractivity contribution in [1.82, 2.24) is 0 Å². The summed E-state index contributed by atoms with van der Waals surface area (Å²) in [6.07, 6.45) is 1.74. The molecule has 2 aromatic rings. The van der Waals surface area contributed by atoms with Crippen molar-refractivity contribution in [3.8, 4) is 0 Å². The molecular formula is C18H16N2O2S2. The Morgan fingerprint density at radius 3 is 1.42 bits per heavy atom. The maximum Gasteiger partial charge on any atom is 0.150 e. The lowest BCUT2D eigenvalue weighted by Gasteiger charge is -2.07. The van der Waals surface area contributed by atoms with Gasteiger partial charge in [-0.05, 0) is 48.5 Å². The standard InChI is InChI=1S/C18H16N2O2S2/c21-11-13-1-5-15(6-2-13)19-9-17(19)23-24-18-10-20(18)16-7-3-14(12-22)4-8-16/h1-8,11-12,17-18H,9-10H2. The van der Waals surface area contributed by atoms with Crippen molar-refractivity contribution in [1.29, 1.82) is 0 Å². The Bertz CT molecular complexity index is 683. The van der Waals surface area contributed by atoms with Gasteiger partial charge in [0.05, 0.1) is 0 Å². The molecule has 2 heterocycles. The summed E-state index contributed by atoms with van der Waals surface area (Å²) in [5, 5.41) is 1.02. The van der Waals surface area contributed by atoms with Crippen LogP contribution in [-0.2, 0) is 0 Å². The van der Waals surface area contributed by atoms with E-state index in [1.165, 1.54) is 11.4 Å². The lowest BCUT2D eigenvalue weighted by Crippen LogP contribution is -1.97. The van der Waals surface area contributed by atoms with E-state index in [4.69, 9.17) is 0 Å². The molecule has 4 nitrogen and oxygen atoms in total. The first-order valence-electron chi connectivity index (χ1n) is 7.74. The minimum absolute atomic E-state index is 0.511. The first kappa shape index (κ1) is 15.6. The van der Waals surface area contributed by atoms with Crippen LogP contribution in [0.4, 0.5) is 11.4 Å². The van der Waals surface area contributed by atoms with E-state index in [1.54, 1.807) is 0 Å². The van der Waals surface area contributed by atoms with E-state index in [2.05, 4.69) is 9.80 Å². The molecule has 0 aliphatic carbocycles. The number of hydrogen-bond acceptors (Lipinski definition) is 6. The van der Waals surface area contributed by atoms with E-state index in [0.717, 1.165) is 25.7 Å². The van der Waals surface area contributed by atoms with Crippen LogP contribution < -0.4 is 9.80 Å². The van der Waals surface area contributed by atoms with Gasteiger partial charge >= 0.3 is 0 Å². The summed E-state index contributed by atoms with van der Waals surface area (Å²) in [5.41, 5.74) is 3.79. The number of benzene rings is 2. The van der Waals surface area contributed by atoms with E-state index in [0.29, 0.717) is 21.9 Å². The van der Waals surface area contributed by atoms with Crippen molar-refractivity contribution < 1.29 is 9.59 Å². The van der Waals surface area contributed by atoms with Gasteiger partial charge in [-0.1, -0.05) is 21.6 Å². The van der Waals surface area contributed by atoms with Gasteiger partial charge in [-0.2, -0.15) is 0 Å². The average molecular weight is 356 g/mol. The van der Waals surface area contributed by atoms with Gasteiger partial charge < -0.3 is 9.80 Å². The summed E-state index contributed by atoms with van der Waals surface area (Å²) in [4.78, 5) is 26.0. The molecule has 2 unspecified atom stereocenters. The summed E-state index contributed by atoms with van der Waals surface area (Å²) < 4.78 is 0. The maximum atomic E-state index is 10.7. The van der Waals surface area contributed by atoms with E-state index in [-0.39, 0.29) is 0 Å².